The Hall–Kier alpha value is -1.03. The van der Waals surface area contributed by atoms with Crippen LogP contribution < -0.4 is 0 Å². The van der Waals surface area contributed by atoms with E-state index in [9.17, 15) is 10.2 Å². The highest BCUT2D eigenvalue weighted by Crippen LogP contribution is 2.27. The molecule has 0 saturated carbocycles. The Morgan fingerprint density at radius 2 is 1.71 bits per heavy atom. The summed E-state index contributed by atoms with van der Waals surface area (Å²) in [7, 11) is 0. The van der Waals surface area contributed by atoms with Gasteiger partial charge < -0.3 is 10.2 Å². The number of thiol groups is 1. The van der Waals surface area contributed by atoms with Gasteiger partial charge in [0.05, 0.1) is 6.10 Å². The van der Waals surface area contributed by atoms with Crippen molar-refractivity contribution in [3.05, 3.63) is 48.0 Å². The van der Waals surface area contributed by atoms with Crippen molar-refractivity contribution >= 4 is 23.4 Å². The minimum Gasteiger partial charge on any atom is -0.390 e. The van der Waals surface area contributed by atoms with E-state index in [1.807, 2.05) is 42.5 Å². The third-order valence-electron chi connectivity index (χ3n) is 2.93. The Morgan fingerprint density at radius 3 is 2.47 bits per heavy atom. The molecule has 2 atom stereocenters. The van der Waals surface area contributed by atoms with Crippen LogP contribution >= 0.6 is 12.6 Å². The molecule has 0 radical (unpaired) electrons. The molecule has 2 unspecified atom stereocenters. The molecule has 0 saturated heterocycles. The highest BCUT2D eigenvalue weighted by atomic mass is 32.1. The van der Waals surface area contributed by atoms with Crippen molar-refractivity contribution in [1.82, 2.24) is 0 Å². The van der Waals surface area contributed by atoms with E-state index in [1.54, 1.807) is 0 Å². The van der Waals surface area contributed by atoms with Gasteiger partial charge in [-0.25, -0.2) is 0 Å². The van der Waals surface area contributed by atoms with Crippen LogP contribution in [0.5, 0.6) is 0 Å². The molecule has 0 amide bonds. The number of hydrogen-bond acceptors (Lipinski definition) is 3. The molecule has 2 nitrogen and oxygen atoms in total. The number of aliphatic hydroxyl groups excluding tert-OH is 2. The van der Waals surface area contributed by atoms with Gasteiger partial charge in [0.25, 0.3) is 0 Å². The molecule has 0 aliphatic carbocycles. The molecular weight excluding hydrogens is 232 g/mol. The van der Waals surface area contributed by atoms with Crippen molar-refractivity contribution in [2.45, 2.75) is 18.6 Å². The van der Waals surface area contributed by atoms with Crippen molar-refractivity contribution in [1.29, 1.82) is 0 Å². The van der Waals surface area contributed by atoms with Crippen molar-refractivity contribution in [2.75, 3.05) is 5.75 Å². The first-order chi connectivity index (χ1) is 8.24. The standard InChI is InChI=1S/C14H16O2S/c15-13(8-9-17)14(16)12-7-3-5-10-4-1-2-6-11(10)12/h1-7,13-17H,8-9H2. The summed E-state index contributed by atoms with van der Waals surface area (Å²) in [5.74, 6) is 0.559. The van der Waals surface area contributed by atoms with Crippen LogP contribution in [0, 0.1) is 0 Å². The first kappa shape index (κ1) is 12.4. The molecule has 2 aromatic carbocycles. The Morgan fingerprint density at radius 1 is 1.00 bits per heavy atom. The average Bonchev–Trinajstić information content (AvgIpc) is 2.37. The average molecular weight is 248 g/mol. The van der Waals surface area contributed by atoms with E-state index >= 15 is 0 Å². The number of benzene rings is 2. The van der Waals surface area contributed by atoms with Crippen molar-refractivity contribution in [2.24, 2.45) is 0 Å². The second-order valence-electron chi connectivity index (χ2n) is 4.09. The Kier molecular flexibility index (Phi) is 4.05. The quantitative estimate of drug-likeness (QED) is 0.728. The van der Waals surface area contributed by atoms with Crippen molar-refractivity contribution < 1.29 is 10.2 Å². The zero-order chi connectivity index (χ0) is 12.3. The Labute approximate surface area is 106 Å². The second-order valence-corrected chi connectivity index (χ2v) is 4.54. The van der Waals surface area contributed by atoms with Gasteiger partial charge in [-0.2, -0.15) is 12.6 Å². The van der Waals surface area contributed by atoms with Gasteiger partial charge in [0.15, 0.2) is 0 Å². The summed E-state index contributed by atoms with van der Waals surface area (Å²) in [5.41, 5.74) is 0.775. The molecule has 0 heterocycles. The monoisotopic (exact) mass is 248 g/mol. The zero-order valence-electron chi connectivity index (χ0n) is 9.45. The number of aliphatic hydroxyl groups is 2. The molecule has 2 aromatic rings. The summed E-state index contributed by atoms with van der Waals surface area (Å²) < 4.78 is 0. The lowest BCUT2D eigenvalue weighted by Gasteiger charge is -2.19. The summed E-state index contributed by atoms with van der Waals surface area (Å²) in [6.07, 6.45) is -1.14. The lowest BCUT2D eigenvalue weighted by molar-refractivity contribution is 0.0181. The normalized spacial score (nSPS) is 14.8. The Bertz CT molecular complexity index is 493. The van der Waals surface area contributed by atoms with Gasteiger partial charge in [-0.15, -0.1) is 0 Å². The van der Waals surface area contributed by atoms with E-state index in [0.29, 0.717) is 12.2 Å². The zero-order valence-corrected chi connectivity index (χ0v) is 10.3. The van der Waals surface area contributed by atoms with Crippen molar-refractivity contribution in [3.8, 4) is 0 Å². The molecule has 0 aliphatic heterocycles. The van der Waals surface area contributed by atoms with Crippen LogP contribution in [0.25, 0.3) is 10.8 Å². The second kappa shape index (κ2) is 5.54. The molecule has 2 N–H and O–H groups in total. The van der Waals surface area contributed by atoms with E-state index in [0.717, 1.165) is 16.3 Å². The van der Waals surface area contributed by atoms with Gasteiger partial charge in [-0.3, -0.25) is 0 Å². The first-order valence-corrected chi connectivity index (χ1v) is 6.32. The molecule has 0 fully saturated rings. The maximum atomic E-state index is 10.1. The predicted octanol–water partition coefficient (Wildman–Crippen LogP) is 2.55. The van der Waals surface area contributed by atoms with Gasteiger partial charge in [0, 0.05) is 0 Å². The third kappa shape index (κ3) is 2.63. The fraction of sp³-hybridized carbons (Fsp3) is 0.286. The van der Waals surface area contributed by atoms with Gasteiger partial charge in [0.2, 0.25) is 0 Å². The number of hydrogen-bond donors (Lipinski definition) is 3. The van der Waals surface area contributed by atoms with Gasteiger partial charge >= 0.3 is 0 Å². The highest BCUT2D eigenvalue weighted by molar-refractivity contribution is 7.80. The van der Waals surface area contributed by atoms with Crippen molar-refractivity contribution in [3.63, 3.8) is 0 Å². The van der Waals surface area contributed by atoms with Crippen LogP contribution in [0.1, 0.15) is 18.1 Å². The van der Waals surface area contributed by atoms with E-state index in [-0.39, 0.29) is 0 Å². The lowest BCUT2D eigenvalue weighted by atomic mass is 9.96. The summed E-state index contributed by atoms with van der Waals surface area (Å²) in [6, 6.07) is 13.6. The van der Waals surface area contributed by atoms with Crippen LogP contribution in [0.2, 0.25) is 0 Å². The molecular formula is C14H16O2S. The number of fused-ring (bicyclic) bond motifs is 1. The topological polar surface area (TPSA) is 40.5 Å². The smallest absolute Gasteiger partial charge is 0.105 e. The molecule has 0 aromatic heterocycles. The van der Waals surface area contributed by atoms with Crippen LogP contribution in [-0.4, -0.2) is 22.1 Å². The van der Waals surface area contributed by atoms with Crippen LogP contribution in [0.15, 0.2) is 42.5 Å². The van der Waals surface area contributed by atoms with Crippen LogP contribution in [0.4, 0.5) is 0 Å². The first-order valence-electron chi connectivity index (χ1n) is 5.68. The summed E-state index contributed by atoms with van der Waals surface area (Å²) >= 11 is 4.07. The summed E-state index contributed by atoms with van der Waals surface area (Å²) in [6.45, 7) is 0. The highest BCUT2D eigenvalue weighted by Gasteiger charge is 2.19. The van der Waals surface area contributed by atoms with E-state index in [1.165, 1.54) is 0 Å². The molecule has 2 rings (SSSR count). The molecule has 0 aliphatic rings. The SMILES string of the molecule is OC(CCS)C(O)c1cccc2ccccc12. The molecule has 3 heteroatoms. The maximum absolute atomic E-state index is 10.1. The Balaban J connectivity index is 2.41. The summed E-state index contributed by atoms with van der Waals surface area (Å²) in [4.78, 5) is 0. The van der Waals surface area contributed by atoms with Crippen LogP contribution in [0.3, 0.4) is 0 Å². The van der Waals surface area contributed by atoms with E-state index in [4.69, 9.17) is 0 Å². The fourth-order valence-corrected chi connectivity index (χ4v) is 2.27. The predicted molar refractivity (Wildman–Crippen MR) is 73.4 cm³/mol. The molecule has 17 heavy (non-hydrogen) atoms. The minimum absolute atomic E-state index is 0.480. The molecule has 0 spiro atoms. The largest absolute Gasteiger partial charge is 0.390 e. The molecule has 0 bridgehead atoms. The molecule has 90 valence electrons. The maximum Gasteiger partial charge on any atom is 0.105 e. The third-order valence-corrected chi connectivity index (χ3v) is 3.19. The van der Waals surface area contributed by atoms with Crippen LogP contribution in [-0.2, 0) is 0 Å². The van der Waals surface area contributed by atoms with E-state index < -0.39 is 12.2 Å². The lowest BCUT2D eigenvalue weighted by Crippen LogP contribution is -2.18. The fourth-order valence-electron chi connectivity index (χ4n) is 2.01. The summed E-state index contributed by atoms with van der Waals surface area (Å²) in [5, 5.41) is 22.0. The van der Waals surface area contributed by atoms with Gasteiger partial charge in [-0.1, -0.05) is 42.5 Å². The van der Waals surface area contributed by atoms with Gasteiger partial charge in [-0.05, 0) is 28.5 Å². The number of rotatable bonds is 4. The van der Waals surface area contributed by atoms with E-state index in [2.05, 4.69) is 12.6 Å². The van der Waals surface area contributed by atoms with Gasteiger partial charge in [0.1, 0.15) is 6.10 Å². The minimum atomic E-state index is -0.853.